The molecular weight excluding hydrogens is 318 g/mol. The Morgan fingerprint density at radius 2 is 2.24 bits per heavy atom. The molecule has 0 fully saturated rings. The van der Waals surface area contributed by atoms with Crippen LogP contribution in [0.4, 0.5) is 0 Å². The van der Waals surface area contributed by atoms with Crippen LogP contribution in [-0.2, 0) is 22.3 Å². The zero-order chi connectivity index (χ0) is 12.3. The molecule has 0 amide bonds. The zero-order valence-corrected chi connectivity index (χ0v) is 12.6. The summed E-state index contributed by atoms with van der Waals surface area (Å²) in [6, 6.07) is 6.01. The van der Waals surface area contributed by atoms with Crippen LogP contribution < -0.4 is 0 Å². The van der Waals surface area contributed by atoms with Crippen molar-refractivity contribution in [2.24, 2.45) is 0 Å². The molecule has 17 heavy (non-hydrogen) atoms. The van der Waals surface area contributed by atoms with Crippen molar-refractivity contribution in [3.8, 4) is 0 Å². The molecule has 0 saturated carbocycles. The van der Waals surface area contributed by atoms with Crippen molar-refractivity contribution < 1.29 is 4.21 Å². The molecule has 0 bridgehead atoms. The third kappa shape index (κ3) is 3.47. The number of hydrogen-bond donors (Lipinski definition) is 0. The van der Waals surface area contributed by atoms with Crippen LogP contribution in [0.1, 0.15) is 16.1 Å². The molecule has 0 spiro atoms. The first-order valence-corrected chi connectivity index (χ1v) is 8.30. The minimum atomic E-state index is -0.892. The Kier molecular flexibility index (Phi) is 4.48. The molecule has 0 aliphatic rings. The van der Waals surface area contributed by atoms with E-state index in [9.17, 15) is 4.21 Å². The Labute approximate surface area is 116 Å². The van der Waals surface area contributed by atoms with Gasteiger partial charge in [-0.3, -0.25) is 4.21 Å². The maximum Gasteiger partial charge on any atom is 0.105 e. The van der Waals surface area contributed by atoms with E-state index in [1.54, 1.807) is 17.5 Å². The molecule has 2 aromatic rings. The molecule has 1 atom stereocenters. The lowest BCUT2D eigenvalue weighted by Gasteiger charge is -2.06. The van der Waals surface area contributed by atoms with Gasteiger partial charge in [0.05, 0.1) is 5.75 Å². The third-order valence-electron chi connectivity index (χ3n) is 2.46. The topological polar surface area (TPSA) is 30.0 Å². The van der Waals surface area contributed by atoms with Crippen molar-refractivity contribution >= 4 is 38.1 Å². The van der Waals surface area contributed by atoms with Gasteiger partial charge >= 0.3 is 0 Å². The highest BCUT2D eigenvalue weighted by molar-refractivity contribution is 9.10. The molecule has 90 valence electrons. The Bertz CT molecular complexity index is 525. The monoisotopic (exact) mass is 329 g/mol. The second kappa shape index (κ2) is 5.89. The maximum atomic E-state index is 12.0. The van der Waals surface area contributed by atoms with Crippen LogP contribution in [0.5, 0.6) is 0 Å². The second-order valence-corrected chi connectivity index (χ2v) is 6.97. The Balaban J connectivity index is 2.06. The molecule has 0 N–H and O–H groups in total. The molecule has 0 aliphatic heterocycles. The van der Waals surface area contributed by atoms with Gasteiger partial charge in [0.1, 0.15) is 5.01 Å². The first kappa shape index (κ1) is 12.9. The molecule has 1 aromatic heterocycles. The van der Waals surface area contributed by atoms with Gasteiger partial charge < -0.3 is 0 Å². The Morgan fingerprint density at radius 1 is 1.41 bits per heavy atom. The van der Waals surface area contributed by atoms with Crippen LogP contribution in [0.25, 0.3) is 0 Å². The molecule has 1 heterocycles. The van der Waals surface area contributed by atoms with Gasteiger partial charge in [-0.05, 0) is 24.1 Å². The summed E-state index contributed by atoms with van der Waals surface area (Å²) in [5.41, 5.74) is 2.30. The molecule has 2 nitrogen and oxygen atoms in total. The van der Waals surface area contributed by atoms with Crippen molar-refractivity contribution in [2.45, 2.75) is 18.4 Å². The van der Waals surface area contributed by atoms with E-state index in [4.69, 9.17) is 0 Å². The van der Waals surface area contributed by atoms with E-state index < -0.39 is 10.8 Å². The molecule has 0 aliphatic carbocycles. The van der Waals surface area contributed by atoms with E-state index in [2.05, 4.69) is 20.9 Å². The van der Waals surface area contributed by atoms with E-state index in [0.29, 0.717) is 11.5 Å². The van der Waals surface area contributed by atoms with Crippen molar-refractivity contribution in [3.05, 3.63) is 50.4 Å². The average molecular weight is 330 g/mol. The Morgan fingerprint density at radius 3 is 2.94 bits per heavy atom. The largest absolute Gasteiger partial charge is 0.259 e. The minimum absolute atomic E-state index is 0.545. The molecule has 0 radical (unpaired) electrons. The molecule has 1 aromatic carbocycles. The molecular formula is C12H12BrNOS2. The first-order chi connectivity index (χ1) is 8.16. The summed E-state index contributed by atoms with van der Waals surface area (Å²) in [6.07, 6.45) is 1.75. The van der Waals surface area contributed by atoms with Crippen molar-refractivity contribution in [2.75, 3.05) is 0 Å². The fourth-order valence-electron chi connectivity index (χ4n) is 1.49. The summed E-state index contributed by atoms with van der Waals surface area (Å²) < 4.78 is 13.1. The predicted molar refractivity (Wildman–Crippen MR) is 76.5 cm³/mol. The van der Waals surface area contributed by atoms with Crippen LogP contribution in [0.15, 0.2) is 34.2 Å². The fourth-order valence-corrected chi connectivity index (χ4v) is 4.08. The van der Waals surface area contributed by atoms with Crippen LogP contribution in [-0.4, -0.2) is 9.19 Å². The van der Waals surface area contributed by atoms with Gasteiger partial charge in [0.2, 0.25) is 0 Å². The van der Waals surface area contributed by atoms with Gasteiger partial charge in [-0.15, -0.1) is 11.3 Å². The van der Waals surface area contributed by atoms with Gasteiger partial charge in [0.25, 0.3) is 0 Å². The van der Waals surface area contributed by atoms with Gasteiger partial charge in [0.15, 0.2) is 0 Å². The number of aromatic nitrogens is 1. The number of hydrogen-bond acceptors (Lipinski definition) is 3. The lowest BCUT2D eigenvalue weighted by molar-refractivity contribution is 0.682. The summed E-state index contributed by atoms with van der Waals surface area (Å²) in [6.45, 7) is 2.04. The van der Waals surface area contributed by atoms with Crippen molar-refractivity contribution in [3.63, 3.8) is 0 Å². The SMILES string of the molecule is Cc1c(Br)cccc1CS(=O)Cc1nccs1. The summed E-state index contributed by atoms with van der Waals surface area (Å²) in [7, 11) is -0.892. The third-order valence-corrected chi connectivity index (χ3v) is 5.51. The normalized spacial score (nSPS) is 12.6. The van der Waals surface area contributed by atoms with Crippen LogP contribution >= 0.6 is 27.3 Å². The van der Waals surface area contributed by atoms with Crippen LogP contribution in [0, 0.1) is 6.92 Å². The molecule has 5 heteroatoms. The van der Waals surface area contributed by atoms with E-state index >= 15 is 0 Å². The Hall–Kier alpha value is -0.520. The lowest BCUT2D eigenvalue weighted by Crippen LogP contribution is -2.01. The van der Waals surface area contributed by atoms with E-state index in [0.717, 1.165) is 15.0 Å². The smallest absolute Gasteiger partial charge is 0.105 e. The van der Waals surface area contributed by atoms with E-state index in [-0.39, 0.29) is 0 Å². The number of rotatable bonds is 4. The number of benzene rings is 1. The van der Waals surface area contributed by atoms with Gasteiger partial charge in [-0.25, -0.2) is 4.98 Å². The number of nitrogens with zero attached hydrogens (tertiary/aromatic N) is 1. The average Bonchev–Trinajstić information content (AvgIpc) is 2.77. The lowest BCUT2D eigenvalue weighted by atomic mass is 10.1. The quantitative estimate of drug-likeness (QED) is 0.856. The summed E-state index contributed by atoms with van der Waals surface area (Å²) in [4.78, 5) is 4.15. The van der Waals surface area contributed by atoms with Gasteiger partial charge in [-0.2, -0.15) is 0 Å². The highest BCUT2D eigenvalue weighted by atomic mass is 79.9. The van der Waals surface area contributed by atoms with Crippen LogP contribution in [0.3, 0.4) is 0 Å². The fraction of sp³-hybridized carbons (Fsp3) is 0.250. The standard InChI is InChI=1S/C12H12BrNOS2/c1-9-10(3-2-4-11(9)13)7-17(15)8-12-14-5-6-16-12/h2-6H,7-8H2,1H3. The maximum absolute atomic E-state index is 12.0. The second-order valence-electron chi connectivity index (χ2n) is 3.68. The van der Waals surface area contributed by atoms with Crippen molar-refractivity contribution in [1.82, 2.24) is 4.98 Å². The van der Waals surface area contributed by atoms with Gasteiger partial charge in [-0.1, -0.05) is 28.1 Å². The van der Waals surface area contributed by atoms with Crippen molar-refractivity contribution in [1.29, 1.82) is 0 Å². The minimum Gasteiger partial charge on any atom is -0.259 e. The van der Waals surface area contributed by atoms with E-state index in [1.807, 2.05) is 30.5 Å². The summed E-state index contributed by atoms with van der Waals surface area (Å²) >= 11 is 5.04. The molecule has 0 saturated heterocycles. The zero-order valence-electron chi connectivity index (χ0n) is 9.35. The highest BCUT2D eigenvalue weighted by Crippen LogP contribution is 2.21. The number of halogens is 1. The summed E-state index contributed by atoms with van der Waals surface area (Å²) in [5.74, 6) is 1.13. The van der Waals surface area contributed by atoms with E-state index in [1.165, 1.54) is 5.56 Å². The highest BCUT2D eigenvalue weighted by Gasteiger charge is 2.08. The first-order valence-electron chi connectivity index (χ1n) is 5.14. The molecule has 2 rings (SSSR count). The molecule has 1 unspecified atom stereocenters. The predicted octanol–water partition coefficient (Wildman–Crippen LogP) is 3.66. The number of thiazole rings is 1. The van der Waals surface area contributed by atoms with Crippen LogP contribution in [0.2, 0.25) is 0 Å². The summed E-state index contributed by atoms with van der Waals surface area (Å²) in [5, 5.41) is 2.85. The van der Waals surface area contributed by atoms with Gasteiger partial charge in [0, 0.05) is 32.6 Å².